The number of aryl methyl sites for hydroxylation is 3. The van der Waals surface area contributed by atoms with Crippen molar-refractivity contribution in [3.05, 3.63) is 46.8 Å². The van der Waals surface area contributed by atoms with Crippen molar-refractivity contribution in [3.63, 3.8) is 0 Å². The number of ether oxygens (including phenoxy) is 1. The fourth-order valence-electron chi connectivity index (χ4n) is 2.53. The van der Waals surface area contributed by atoms with Crippen LogP contribution in [0.3, 0.4) is 0 Å². The Morgan fingerprint density at radius 3 is 2.52 bits per heavy atom. The molecule has 0 atom stereocenters. The predicted octanol–water partition coefficient (Wildman–Crippen LogP) is 2.34. The van der Waals surface area contributed by atoms with Crippen LogP contribution in [0.1, 0.15) is 29.4 Å². The first-order valence-corrected chi connectivity index (χ1v) is 7.98. The molecule has 1 aromatic carbocycles. The summed E-state index contributed by atoms with van der Waals surface area (Å²) < 4.78 is 7.36. The largest absolute Gasteiger partial charge is 0.484 e. The molecule has 0 saturated heterocycles. The van der Waals surface area contributed by atoms with Gasteiger partial charge < -0.3 is 10.1 Å². The minimum atomic E-state index is -0.108. The number of aromatic nitrogens is 2. The predicted molar refractivity (Wildman–Crippen MR) is 90.7 cm³/mol. The molecule has 0 aliphatic rings. The van der Waals surface area contributed by atoms with Crippen molar-refractivity contribution in [2.24, 2.45) is 7.05 Å². The van der Waals surface area contributed by atoms with Crippen LogP contribution in [0.2, 0.25) is 0 Å². The van der Waals surface area contributed by atoms with Crippen molar-refractivity contribution in [2.45, 2.75) is 33.6 Å². The number of benzene rings is 1. The van der Waals surface area contributed by atoms with Gasteiger partial charge in [0, 0.05) is 19.3 Å². The normalized spacial score (nSPS) is 10.6. The van der Waals surface area contributed by atoms with Gasteiger partial charge in [0.1, 0.15) is 5.75 Å². The van der Waals surface area contributed by atoms with E-state index in [9.17, 15) is 4.79 Å². The van der Waals surface area contributed by atoms with E-state index in [1.807, 2.05) is 49.8 Å². The highest BCUT2D eigenvalue weighted by Gasteiger charge is 2.09. The SMILES string of the molecule is CCc1ccc(OCC(=O)NCCc2c(C)nn(C)c2C)cc1. The molecule has 2 aromatic rings. The summed E-state index contributed by atoms with van der Waals surface area (Å²) in [5.41, 5.74) is 4.61. The van der Waals surface area contributed by atoms with Crippen molar-refractivity contribution in [3.8, 4) is 5.75 Å². The zero-order chi connectivity index (χ0) is 16.8. The van der Waals surface area contributed by atoms with Gasteiger partial charge >= 0.3 is 0 Å². The zero-order valence-electron chi connectivity index (χ0n) is 14.3. The van der Waals surface area contributed by atoms with Crippen molar-refractivity contribution in [2.75, 3.05) is 13.2 Å². The Kier molecular flexibility index (Phi) is 5.79. The molecule has 5 nitrogen and oxygen atoms in total. The lowest BCUT2D eigenvalue weighted by Gasteiger charge is -2.08. The molecular formula is C18H25N3O2. The van der Waals surface area contributed by atoms with Crippen molar-refractivity contribution >= 4 is 5.91 Å². The molecule has 0 bridgehead atoms. The molecule has 23 heavy (non-hydrogen) atoms. The molecule has 2 rings (SSSR count). The Hall–Kier alpha value is -2.30. The van der Waals surface area contributed by atoms with Gasteiger partial charge in [0.2, 0.25) is 0 Å². The second kappa shape index (κ2) is 7.81. The van der Waals surface area contributed by atoms with Crippen LogP contribution in [-0.2, 0) is 24.7 Å². The van der Waals surface area contributed by atoms with Gasteiger partial charge in [0.05, 0.1) is 5.69 Å². The number of hydrogen-bond acceptors (Lipinski definition) is 3. The van der Waals surface area contributed by atoms with E-state index in [2.05, 4.69) is 17.3 Å². The fraction of sp³-hybridized carbons (Fsp3) is 0.444. The smallest absolute Gasteiger partial charge is 0.257 e. The number of rotatable bonds is 7. The minimum Gasteiger partial charge on any atom is -0.484 e. The lowest BCUT2D eigenvalue weighted by molar-refractivity contribution is -0.123. The molecule has 124 valence electrons. The molecule has 1 amide bonds. The lowest BCUT2D eigenvalue weighted by Crippen LogP contribution is -2.30. The molecule has 0 aliphatic heterocycles. The highest BCUT2D eigenvalue weighted by molar-refractivity contribution is 5.77. The first kappa shape index (κ1) is 17.1. The number of nitrogens with zero attached hydrogens (tertiary/aromatic N) is 2. The number of amides is 1. The Labute approximate surface area is 137 Å². The van der Waals surface area contributed by atoms with Crippen LogP contribution in [0.15, 0.2) is 24.3 Å². The van der Waals surface area contributed by atoms with E-state index >= 15 is 0 Å². The Balaban J connectivity index is 1.74. The van der Waals surface area contributed by atoms with Crippen LogP contribution in [0.25, 0.3) is 0 Å². The summed E-state index contributed by atoms with van der Waals surface area (Å²) >= 11 is 0. The Morgan fingerprint density at radius 1 is 1.26 bits per heavy atom. The van der Waals surface area contributed by atoms with Gasteiger partial charge in [-0.3, -0.25) is 9.48 Å². The van der Waals surface area contributed by atoms with Gasteiger partial charge in [0.15, 0.2) is 6.61 Å². The van der Waals surface area contributed by atoms with Gasteiger partial charge in [-0.05, 0) is 49.9 Å². The van der Waals surface area contributed by atoms with Gasteiger partial charge in [0.25, 0.3) is 5.91 Å². The maximum atomic E-state index is 11.8. The standard InChI is InChI=1S/C18H25N3O2/c1-5-15-6-8-16(9-7-15)23-12-18(22)19-11-10-17-13(2)20-21(4)14(17)3/h6-9H,5,10-12H2,1-4H3,(H,19,22). The molecule has 0 spiro atoms. The van der Waals surface area contributed by atoms with Crippen LogP contribution >= 0.6 is 0 Å². The van der Waals surface area contributed by atoms with Crippen LogP contribution < -0.4 is 10.1 Å². The molecule has 0 fully saturated rings. The van der Waals surface area contributed by atoms with E-state index in [1.54, 1.807) is 0 Å². The highest BCUT2D eigenvalue weighted by atomic mass is 16.5. The van der Waals surface area contributed by atoms with Crippen LogP contribution in [0.4, 0.5) is 0 Å². The van der Waals surface area contributed by atoms with E-state index in [4.69, 9.17) is 4.74 Å². The van der Waals surface area contributed by atoms with E-state index in [0.717, 1.165) is 30.0 Å². The Morgan fingerprint density at radius 2 is 1.96 bits per heavy atom. The molecule has 0 saturated carbocycles. The average Bonchev–Trinajstić information content (AvgIpc) is 2.79. The monoisotopic (exact) mass is 315 g/mol. The van der Waals surface area contributed by atoms with Gasteiger partial charge in [-0.15, -0.1) is 0 Å². The van der Waals surface area contributed by atoms with Crippen molar-refractivity contribution < 1.29 is 9.53 Å². The second-order valence-corrected chi connectivity index (χ2v) is 5.66. The number of carbonyl (C=O) groups excluding carboxylic acids is 1. The quantitative estimate of drug-likeness (QED) is 0.853. The first-order chi connectivity index (χ1) is 11.0. The van der Waals surface area contributed by atoms with Crippen LogP contribution in [-0.4, -0.2) is 28.8 Å². The molecule has 1 aromatic heterocycles. The minimum absolute atomic E-state index is 0.0382. The third-order valence-electron chi connectivity index (χ3n) is 4.06. The Bertz CT molecular complexity index is 660. The van der Waals surface area contributed by atoms with Gasteiger partial charge in [-0.2, -0.15) is 5.10 Å². The zero-order valence-corrected chi connectivity index (χ0v) is 14.3. The van der Waals surface area contributed by atoms with E-state index in [0.29, 0.717) is 6.54 Å². The maximum Gasteiger partial charge on any atom is 0.257 e. The third kappa shape index (κ3) is 4.58. The van der Waals surface area contributed by atoms with E-state index in [1.165, 1.54) is 11.1 Å². The topological polar surface area (TPSA) is 56.1 Å². The van der Waals surface area contributed by atoms with Gasteiger partial charge in [-0.25, -0.2) is 0 Å². The van der Waals surface area contributed by atoms with E-state index in [-0.39, 0.29) is 12.5 Å². The van der Waals surface area contributed by atoms with E-state index < -0.39 is 0 Å². The van der Waals surface area contributed by atoms with Gasteiger partial charge in [-0.1, -0.05) is 19.1 Å². The summed E-state index contributed by atoms with van der Waals surface area (Å²) in [7, 11) is 1.93. The molecule has 0 aliphatic carbocycles. The number of carbonyl (C=O) groups is 1. The molecule has 1 heterocycles. The van der Waals surface area contributed by atoms with Crippen LogP contribution in [0.5, 0.6) is 5.75 Å². The average molecular weight is 315 g/mol. The molecule has 5 heteroatoms. The third-order valence-corrected chi connectivity index (χ3v) is 4.06. The summed E-state index contributed by atoms with van der Waals surface area (Å²) in [4.78, 5) is 11.8. The van der Waals surface area contributed by atoms with Crippen molar-refractivity contribution in [1.82, 2.24) is 15.1 Å². The molecule has 0 unspecified atom stereocenters. The lowest BCUT2D eigenvalue weighted by atomic mass is 10.1. The summed E-state index contributed by atoms with van der Waals surface area (Å²) in [6, 6.07) is 7.82. The second-order valence-electron chi connectivity index (χ2n) is 5.66. The maximum absolute atomic E-state index is 11.8. The highest BCUT2D eigenvalue weighted by Crippen LogP contribution is 2.13. The summed E-state index contributed by atoms with van der Waals surface area (Å²) in [6.07, 6.45) is 1.77. The first-order valence-electron chi connectivity index (χ1n) is 7.98. The molecule has 0 radical (unpaired) electrons. The summed E-state index contributed by atoms with van der Waals surface area (Å²) in [5, 5.41) is 7.26. The summed E-state index contributed by atoms with van der Waals surface area (Å²) in [5.74, 6) is 0.611. The van der Waals surface area contributed by atoms with Crippen molar-refractivity contribution in [1.29, 1.82) is 0 Å². The fourth-order valence-corrected chi connectivity index (χ4v) is 2.53. The molecular weight excluding hydrogens is 290 g/mol. The molecule has 1 N–H and O–H groups in total. The number of hydrogen-bond donors (Lipinski definition) is 1. The number of nitrogens with one attached hydrogen (secondary N) is 1. The summed E-state index contributed by atoms with van der Waals surface area (Å²) in [6.45, 7) is 6.77. The van der Waals surface area contributed by atoms with Crippen LogP contribution in [0, 0.1) is 13.8 Å².